The van der Waals surface area contributed by atoms with Gasteiger partial charge in [-0.05, 0) is 128 Å². The summed E-state index contributed by atoms with van der Waals surface area (Å²) in [5.74, 6) is 1.72. The predicted molar refractivity (Wildman–Crippen MR) is 165 cm³/mol. The number of rotatable bonds is 4. The van der Waals surface area contributed by atoms with E-state index in [0.29, 0.717) is 13.2 Å². The number of hydrogen-bond acceptors (Lipinski definition) is 3. The van der Waals surface area contributed by atoms with Gasteiger partial charge in [0.2, 0.25) is 0 Å². The highest BCUT2D eigenvalue weighted by Crippen LogP contribution is 2.56. The van der Waals surface area contributed by atoms with Gasteiger partial charge in [-0.1, -0.05) is 47.5 Å². The Labute approximate surface area is 249 Å². The van der Waals surface area contributed by atoms with Gasteiger partial charge in [-0.15, -0.1) is 0 Å². The Hall–Kier alpha value is -3.76. The summed E-state index contributed by atoms with van der Waals surface area (Å²) >= 11 is 12.4. The molecule has 0 spiro atoms. The molecule has 0 amide bonds. The minimum absolute atomic E-state index is 0.663. The Kier molecular flexibility index (Phi) is 5.72. The third kappa shape index (κ3) is 3.76. The fourth-order valence-electron chi connectivity index (χ4n) is 6.99. The van der Waals surface area contributed by atoms with Crippen LogP contribution in [0.2, 0.25) is 10.0 Å². The van der Waals surface area contributed by atoms with Crippen molar-refractivity contribution in [1.82, 2.24) is 0 Å². The standard InChI is InChI=1S/C36H26Cl2O3/c1-39-33-15-27-21(11-25(33)19-3-7-23(37)8-4-19)13-29-31-17-41-18-32(31)30-14-22-12-26(20-5-9-24(38)10-6-20)34(40-2)16-28(22)36(30)35(27)29/h3-12,15-16H,13-14,17-18H2,1-2H3. The highest BCUT2D eigenvalue weighted by atomic mass is 35.5. The molecular weight excluding hydrogens is 551 g/mol. The summed E-state index contributed by atoms with van der Waals surface area (Å²) in [6, 6.07) is 25.0. The summed E-state index contributed by atoms with van der Waals surface area (Å²) in [4.78, 5) is 0. The highest BCUT2D eigenvalue weighted by Gasteiger charge is 2.37. The van der Waals surface area contributed by atoms with Gasteiger partial charge in [0.25, 0.3) is 0 Å². The second-order valence-corrected chi connectivity index (χ2v) is 11.8. The molecule has 41 heavy (non-hydrogen) atoms. The molecule has 1 aliphatic heterocycles. The van der Waals surface area contributed by atoms with E-state index in [4.69, 9.17) is 37.4 Å². The van der Waals surface area contributed by atoms with E-state index < -0.39 is 0 Å². The summed E-state index contributed by atoms with van der Waals surface area (Å²) in [5, 5.41) is 1.45. The van der Waals surface area contributed by atoms with Crippen LogP contribution in [0, 0.1) is 0 Å². The quantitative estimate of drug-likeness (QED) is 0.209. The van der Waals surface area contributed by atoms with E-state index in [2.05, 4.69) is 48.5 Å². The van der Waals surface area contributed by atoms with Crippen molar-refractivity contribution >= 4 is 23.2 Å². The molecule has 0 saturated heterocycles. The second kappa shape index (κ2) is 9.39. The molecule has 0 N–H and O–H groups in total. The van der Waals surface area contributed by atoms with Crippen LogP contribution in [0.3, 0.4) is 0 Å². The molecule has 0 bridgehead atoms. The zero-order valence-corrected chi connectivity index (χ0v) is 24.2. The van der Waals surface area contributed by atoms with Crippen molar-refractivity contribution in [2.24, 2.45) is 0 Å². The summed E-state index contributed by atoms with van der Waals surface area (Å²) in [5.41, 5.74) is 17.6. The van der Waals surface area contributed by atoms with Crippen LogP contribution in [0.1, 0.15) is 33.4 Å². The summed E-state index contributed by atoms with van der Waals surface area (Å²) in [6.07, 6.45) is 1.76. The van der Waals surface area contributed by atoms with Gasteiger partial charge in [0.1, 0.15) is 11.5 Å². The molecule has 5 aromatic carbocycles. The molecule has 2 aliphatic carbocycles. The van der Waals surface area contributed by atoms with Gasteiger partial charge in [0.15, 0.2) is 0 Å². The Morgan fingerprint density at radius 2 is 0.951 bits per heavy atom. The number of ether oxygens (including phenoxy) is 3. The number of hydrogen-bond donors (Lipinski definition) is 0. The number of methoxy groups -OCH3 is 2. The van der Waals surface area contributed by atoms with Gasteiger partial charge in [-0.25, -0.2) is 0 Å². The normalized spacial score (nSPS) is 13.9. The predicted octanol–water partition coefficient (Wildman–Crippen LogP) is 9.52. The smallest absolute Gasteiger partial charge is 0.127 e. The third-order valence-electron chi connectivity index (χ3n) is 8.87. The number of fused-ring (bicyclic) bond motifs is 10. The molecule has 0 saturated carbocycles. The lowest BCUT2D eigenvalue weighted by atomic mass is 9.87. The van der Waals surface area contributed by atoms with E-state index in [1.165, 1.54) is 55.6 Å². The van der Waals surface area contributed by atoms with Crippen molar-refractivity contribution in [3.8, 4) is 56.0 Å². The highest BCUT2D eigenvalue weighted by molar-refractivity contribution is 6.31. The molecule has 3 aliphatic rings. The van der Waals surface area contributed by atoms with E-state index in [1.807, 2.05) is 24.3 Å². The van der Waals surface area contributed by atoms with Gasteiger partial charge in [0.05, 0.1) is 27.4 Å². The zero-order valence-electron chi connectivity index (χ0n) is 22.7. The van der Waals surface area contributed by atoms with Gasteiger partial charge in [-0.2, -0.15) is 0 Å². The van der Waals surface area contributed by atoms with E-state index in [1.54, 1.807) is 14.2 Å². The molecule has 0 aromatic heterocycles. The summed E-state index contributed by atoms with van der Waals surface area (Å²) in [6.45, 7) is 1.33. The van der Waals surface area contributed by atoms with E-state index in [9.17, 15) is 0 Å². The third-order valence-corrected chi connectivity index (χ3v) is 9.38. The largest absolute Gasteiger partial charge is 0.496 e. The molecule has 1 heterocycles. The topological polar surface area (TPSA) is 27.7 Å². The Morgan fingerprint density at radius 3 is 1.34 bits per heavy atom. The van der Waals surface area contributed by atoms with Gasteiger partial charge < -0.3 is 14.2 Å². The van der Waals surface area contributed by atoms with Crippen molar-refractivity contribution in [3.63, 3.8) is 0 Å². The number of benzene rings is 5. The van der Waals surface area contributed by atoms with Crippen molar-refractivity contribution in [2.75, 3.05) is 14.2 Å². The monoisotopic (exact) mass is 576 g/mol. The van der Waals surface area contributed by atoms with Crippen molar-refractivity contribution in [3.05, 3.63) is 116 Å². The van der Waals surface area contributed by atoms with Crippen LogP contribution in [-0.4, -0.2) is 14.2 Å². The van der Waals surface area contributed by atoms with Crippen molar-refractivity contribution < 1.29 is 14.2 Å². The first-order valence-electron chi connectivity index (χ1n) is 13.8. The maximum Gasteiger partial charge on any atom is 0.127 e. The maximum absolute atomic E-state index is 6.19. The van der Waals surface area contributed by atoms with Crippen LogP contribution in [0.15, 0.2) is 72.8 Å². The Balaban J connectivity index is 1.35. The SMILES string of the molecule is COc1cc2c(cc1-c1ccc(Cl)cc1)Cc1c3c(c4c(c1-2)-c1cc(OC)c(-c2ccc(Cl)cc2)cc1C4)COC3. The van der Waals surface area contributed by atoms with Gasteiger partial charge in [-0.3, -0.25) is 0 Å². The molecule has 5 aromatic rings. The molecule has 0 unspecified atom stereocenters. The van der Waals surface area contributed by atoms with Crippen LogP contribution in [-0.2, 0) is 30.8 Å². The first-order chi connectivity index (χ1) is 20.0. The average molecular weight is 578 g/mol. The lowest BCUT2D eigenvalue weighted by Gasteiger charge is -2.17. The lowest BCUT2D eigenvalue weighted by molar-refractivity contribution is 0.134. The molecule has 202 valence electrons. The van der Waals surface area contributed by atoms with E-state index >= 15 is 0 Å². The lowest BCUT2D eigenvalue weighted by Crippen LogP contribution is -1.98. The minimum atomic E-state index is 0.663. The van der Waals surface area contributed by atoms with Gasteiger partial charge >= 0.3 is 0 Å². The zero-order chi connectivity index (χ0) is 27.8. The fourth-order valence-corrected chi connectivity index (χ4v) is 7.24. The van der Waals surface area contributed by atoms with Crippen LogP contribution in [0.25, 0.3) is 44.5 Å². The Morgan fingerprint density at radius 1 is 0.537 bits per heavy atom. The van der Waals surface area contributed by atoms with E-state index in [0.717, 1.165) is 56.6 Å². The van der Waals surface area contributed by atoms with Crippen LogP contribution in [0.4, 0.5) is 0 Å². The van der Waals surface area contributed by atoms with Crippen LogP contribution < -0.4 is 9.47 Å². The Bertz CT molecular complexity index is 1750. The molecule has 0 fully saturated rings. The first kappa shape index (κ1) is 25.0. The number of halogens is 2. The van der Waals surface area contributed by atoms with Crippen LogP contribution >= 0.6 is 23.2 Å². The van der Waals surface area contributed by atoms with Crippen LogP contribution in [0.5, 0.6) is 11.5 Å². The molecule has 0 radical (unpaired) electrons. The van der Waals surface area contributed by atoms with E-state index in [-0.39, 0.29) is 0 Å². The van der Waals surface area contributed by atoms with Crippen molar-refractivity contribution in [1.29, 1.82) is 0 Å². The second-order valence-electron chi connectivity index (χ2n) is 10.9. The molecule has 5 heteroatoms. The molecule has 3 nitrogen and oxygen atoms in total. The maximum atomic E-state index is 6.19. The fraction of sp³-hybridized carbons (Fsp3) is 0.167. The molecular formula is C36H26Cl2O3. The summed E-state index contributed by atoms with van der Waals surface area (Å²) < 4.78 is 18.0. The minimum Gasteiger partial charge on any atom is -0.496 e. The average Bonchev–Trinajstić information content (AvgIpc) is 3.71. The molecule has 8 rings (SSSR count). The first-order valence-corrected chi connectivity index (χ1v) is 14.5. The summed E-state index contributed by atoms with van der Waals surface area (Å²) in [7, 11) is 3.49. The van der Waals surface area contributed by atoms with Crippen molar-refractivity contribution in [2.45, 2.75) is 26.1 Å². The van der Waals surface area contributed by atoms with Gasteiger partial charge in [0, 0.05) is 21.2 Å². The molecule has 0 atom stereocenters.